The molecule has 0 aliphatic carbocycles. The smallest absolute Gasteiger partial charge is 0.408 e. The molecule has 2 rings (SSSR count). The number of carbonyl (C=O) groups is 2. The largest absolute Gasteiger partial charge is 0.460 e. The van der Waals surface area contributed by atoms with Gasteiger partial charge in [0.25, 0.3) is 0 Å². The van der Waals surface area contributed by atoms with Gasteiger partial charge in [-0.25, -0.2) is 9.59 Å². The molecule has 0 saturated heterocycles. The number of esters is 2. The predicted octanol–water partition coefficient (Wildman–Crippen LogP) is 4.09. The van der Waals surface area contributed by atoms with Crippen molar-refractivity contribution < 1.29 is 41.1 Å². The highest BCUT2D eigenvalue weighted by Gasteiger charge is 2.58. The molecule has 0 N–H and O–H groups in total. The van der Waals surface area contributed by atoms with Crippen LogP contribution < -0.4 is 0 Å². The van der Waals surface area contributed by atoms with Gasteiger partial charge < -0.3 is 18.3 Å². The van der Waals surface area contributed by atoms with Crippen molar-refractivity contribution in [3.63, 3.8) is 0 Å². The van der Waals surface area contributed by atoms with Gasteiger partial charge in [0.05, 0.1) is 13.2 Å². The summed E-state index contributed by atoms with van der Waals surface area (Å²) in [5.74, 6) is -3.63. The van der Waals surface area contributed by atoms with Crippen LogP contribution in [-0.2, 0) is 14.9 Å². The van der Waals surface area contributed by atoms with Gasteiger partial charge in [-0.3, -0.25) is 0 Å². The molecule has 2 aromatic rings. The van der Waals surface area contributed by atoms with Crippen LogP contribution in [0.25, 0.3) is 0 Å². The molecule has 0 amide bonds. The van der Waals surface area contributed by atoms with Gasteiger partial charge in [0.1, 0.15) is 11.5 Å². The molecule has 0 bridgehead atoms. The van der Waals surface area contributed by atoms with E-state index in [1.807, 2.05) is 0 Å². The minimum absolute atomic E-state index is 0.0481. The Bertz CT molecular complexity index is 730. The van der Waals surface area contributed by atoms with Crippen molar-refractivity contribution in [1.29, 1.82) is 0 Å². The van der Waals surface area contributed by atoms with Crippen LogP contribution in [-0.4, -0.2) is 31.3 Å². The molecule has 2 heterocycles. The molecule has 142 valence electrons. The molecule has 0 aliphatic heterocycles. The fraction of sp³-hybridized carbons (Fsp3) is 0.412. The number of hydrogen-bond acceptors (Lipinski definition) is 6. The van der Waals surface area contributed by atoms with Crippen LogP contribution in [0.1, 0.15) is 53.4 Å². The normalized spacial score (nSPS) is 12.1. The van der Waals surface area contributed by atoms with Gasteiger partial charge in [0.15, 0.2) is 5.41 Å². The molecule has 9 heteroatoms. The lowest BCUT2D eigenvalue weighted by atomic mass is 9.84. The maximum absolute atomic E-state index is 13.8. The molecule has 0 fully saturated rings. The average molecular weight is 374 g/mol. The van der Waals surface area contributed by atoms with Crippen LogP contribution >= 0.6 is 0 Å². The van der Waals surface area contributed by atoms with Crippen LogP contribution in [0, 0.1) is 0 Å². The Balaban J connectivity index is 2.47. The first-order valence-corrected chi connectivity index (χ1v) is 7.76. The molecule has 26 heavy (non-hydrogen) atoms. The van der Waals surface area contributed by atoms with Gasteiger partial charge in [-0.1, -0.05) is 0 Å². The fourth-order valence-corrected chi connectivity index (χ4v) is 2.24. The topological polar surface area (TPSA) is 78.9 Å². The van der Waals surface area contributed by atoms with Gasteiger partial charge in [0, 0.05) is 0 Å². The molecule has 0 radical (unpaired) electrons. The van der Waals surface area contributed by atoms with Crippen molar-refractivity contribution in [2.45, 2.75) is 32.4 Å². The van der Waals surface area contributed by atoms with Crippen molar-refractivity contribution >= 4 is 11.9 Å². The van der Waals surface area contributed by atoms with Gasteiger partial charge in [-0.05, 0) is 45.0 Å². The number of furan rings is 2. The van der Waals surface area contributed by atoms with Gasteiger partial charge in [-0.2, -0.15) is 13.2 Å². The molecule has 0 atom stereocenters. The maximum atomic E-state index is 13.8. The van der Waals surface area contributed by atoms with Crippen LogP contribution in [0.4, 0.5) is 13.2 Å². The summed E-state index contributed by atoms with van der Waals surface area (Å²) < 4.78 is 61.1. The number of ether oxygens (including phenoxy) is 2. The van der Waals surface area contributed by atoms with Crippen molar-refractivity contribution in [1.82, 2.24) is 0 Å². The Labute approximate surface area is 146 Å². The number of alkyl halides is 3. The highest BCUT2D eigenvalue weighted by atomic mass is 19.4. The highest BCUT2D eigenvalue weighted by Crippen LogP contribution is 2.47. The Morgan fingerprint density at radius 2 is 1.27 bits per heavy atom. The monoisotopic (exact) mass is 374 g/mol. The standard InChI is InChI=1S/C17H17F3O6/c1-4-23-14(21)10-6-8-12(25-10)16(3,17(18,19)20)13-9-7-11(26-13)15(22)24-5-2/h6-9H,4-5H2,1-3H3. The summed E-state index contributed by atoms with van der Waals surface area (Å²) in [7, 11) is 0. The van der Waals surface area contributed by atoms with E-state index in [0.29, 0.717) is 0 Å². The Hall–Kier alpha value is -2.71. The van der Waals surface area contributed by atoms with E-state index in [1.165, 1.54) is 0 Å². The Kier molecular flexibility index (Phi) is 5.48. The van der Waals surface area contributed by atoms with Gasteiger partial charge >= 0.3 is 18.1 Å². The molecular formula is C17H17F3O6. The van der Waals surface area contributed by atoms with Crippen LogP contribution in [0.5, 0.6) is 0 Å². The fourth-order valence-electron chi connectivity index (χ4n) is 2.24. The zero-order chi connectivity index (χ0) is 19.5. The molecule has 0 aromatic carbocycles. The van der Waals surface area contributed by atoms with E-state index in [2.05, 4.69) is 0 Å². The lowest BCUT2D eigenvalue weighted by Gasteiger charge is -2.27. The average Bonchev–Trinajstić information content (AvgIpc) is 3.23. The van der Waals surface area contributed by atoms with Gasteiger partial charge in [-0.15, -0.1) is 0 Å². The number of rotatable bonds is 6. The maximum Gasteiger partial charge on any atom is 0.408 e. The minimum atomic E-state index is -4.83. The van der Waals surface area contributed by atoms with Crippen molar-refractivity contribution in [3.05, 3.63) is 47.3 Å². The van der Waals surface area contributed by atoms with E-state index in [4.69, 9.17) is 18.3 Å². The molecule has 6 nitrogen and oxygen atoms in total. The van der Waals surface area contributed by atoms with Crippen LogP contribution in [0.3, 0.4) is 0 Å². The lowest BCUT2D eigenvalue weighted by molar-refractivity contribution is -0.182. The predicted molar refractivity (Wildman–Crippen MR) is 81.8 cm³/mol. The summed E-state index contributed by atoms with van der Waals surface area (Å²) in [6.07, 6.45) is -4.83. The third-order valence-corrected chi connectivity index (χ3v) is 3.72. The quantitative estimate of drug-likeness (QED) is 0.709. The van der Waals surface area contributed by atoms with Gasteiger partial charge in [0.2, 0.25) is 11.5 Å². The van der Waals surface area contributed by atoms with E-state index < -0.39 is 35.1 Å². The third-order valence-electron chi connectivity index (χ3n) is 3.72. The summed E-state index contributed by atoms with van der Waals surface area (Å²) in [5.41, 5.74) is -2.72. The number of carbonyl (C=O) groups excluding carboxylic acids is 2. The second-order valence-corrected chi connectivity index (χ2v) is 5.39. The number of hydrogen-bond donors (Lipinski definition) is 0. The molecule has 2 aromatic heterocycles. The van der Waals surface area contributed by atoms with Crippen LogP contribution in [0.2, 0.25) is 0 Å². The van der Waals surface area contributed by atoms with E-state index in [0.717, 1.165) is 31.2 Å². The first kappa shape index (κ1) is 19.6. The van der Waals surface area contributed by atoms with E-state index in [9.17, 15) is 22.8 Å². The molecule has 0 saturated carbocycles. The minimum Gasteiger partial charge on any atom is -0.460 e. The summed E-state index contributed by atoms with van der Waals surface area (Å²) in [6.45, 7) is 4.04. The molecule has 0 unspecified atom stereocenters. The summed E-state index contributed by atoms with van der Waals surface area (Å²) in [6, 6.07) is 4.22. The first-order valence-electron chi connectivity index (χ1n) is 7.76. The first-order chi connectivity index (χ1) is 12.1. The van der Waals surface area contributed by atoms with Crippen molar-refractivity contribution in [2.75, 3.05) is 13.2 Å². The number of halogens is 3. The zero-order valence-corrected chi connectivity index (χ0v) is 14.3. The summed E-state index contributed by atoms with van der Waals surface area (Å²) >= 11 is 0. The summed E-state index contributed by atoms with van der Waals surface area (Å²) in [4.78, 5) is 23.3. The molecule has 0 aliphatic rings. The Morgan fingerprint density at radius 3 is 1.58 bits per heavy atom. The zero-order valence-electron chi connectivity index (χ0n) is 14.3. The second-order valence-electron chi connectivity index (χ2n) is 5.39. The lowest BCUT2D eigenvalue weighted by Crippen LogP contribution is -2.40. The van der Waals surface area contributed by atoms with Crippen molar-refractivity contribution in [3.8, 4) is 0 Å². The van der Waals surface area contributed by atoms with Crippen molar-refractivity contribution in [2.24, 2.45) is 0 Å². The third kappa shape index (κ3) is 3.47. The SMILES string of the molecule is CCOC(=O)c1ccc(C(C)(c2ccc(C(=O)OCC)o2)C(F)(F)F)o1. The highest BCUT2D eigenvalue weighted by molar-refractivity contribution is 5.87. The van der Waals surface area contributed by atoms with Crippen LogP contribution in [0.15, 0.2) is 33.1 Å². The van der Waals surface area contributed by atoms with E-state index in [1.54, 1.807) is 13.8 Å². The van der Waals surface area contributed by atoms with E-state index in [-0.39, 0.29) is 24.7 Å². The molecular weight excluding hydrogens is 357 g/mol. The summed E-state index contributed by atoms with van der Waals surface area (Å²) in [5, 5.41) is 0. The van der Waals surface area contributed by atoms with E-state index >= 15 is 0 Å². The second kappa shape index (κ2) is 7.27. The molecule has 0 spiro atoms. The Morgan fingerprint density at radius 1 is 0.885 bits per heavy atom.